The maximum atomic E-state index is 12.6. The van der Waals surface area contributed by atoms with Crippen LogP contribution >= 0.6 is 33.7 Å². The molecule has 1 aliphatic heterocycles. The van der Waals surface area contributed by atoms with Crippen LogP contribution in [0.15, 0.2) is 41.6 Å². The molecule has 0 spiro atoms. The van der Waals surface area contributed by atoms with Crippen LogP contribution in [-0.2, 0) is 17.9 Å². The van der Waals surface area contributed by atoms with Gasteiger partial charge in [-0.05, 0) is 62.9 Å². The molecular formula is C28H34ClN5O5S2. The van der Waals surface area contributed by atoms with Gasteiger partial charge in [-0.15, -0.1) is 27.2 Å². The molecular weight excluding hydrogens is 586 g/mol. The second kappa shape index (κ2) is 11.2. The van der Waals surface area contributed by atoms with Crippen LogP contribution in [0.25, 0.3) is 11.0 Å². The van der Waals surface area contributed by atoms with Crippen molar-refractivity contribution in [2.75, 3.05) is 6.54 Å². The van der Waals surface area contributed by atoms with E-state index in [1.807, 2.05) is 43.7 Å². The van der Waals surface area contributed by atoms with Crippen molar-refractivity contribution in [1.29, 1.82) is 0 Å². The predicted octanol–water partition coefficient (Wildman–Crippen LogP) is 6.81. The SMILES string of the molecule is CCC1CN(Cc2cc(C(c3ccc4c(nnn4CC)c3C)C(C)(C)C(=O)O)sc2Cl)S(O)(O)c2cnccc2O1. The van der Waals surface area contributed by atoms with Crippen LogP contribution in [0.5, 0.6) is 5.75 Å². The number of aliphatic carboxylic acids is 1. The van der Waals surface area contributed by atoms with E-state index >= 15 is 0 Å². The molecule has 0 saturated heterocycles. The fourth-order valence-corrected chi connectivity index (χ4v) is 8.49. The largest absolute Gasteiger partial charge is 0.487 e. The highest BCUT2D eigenvalue weighted by Gasteiger charge is 2.42. The van der Waals surface area contributed by atoms with E-state index in [0.717, 1.165) is 27.0 Å². The Hall–Kier alpha value is -2.74. The summed E-state index contributed by atoms with van der Waals surface area (Å²) in [5.41, 5.74) is 2.80. The Morgan fingerprint density at radius 1 is 1.29 bits per heavy atom. The number of fused-ring (bicyclic) bond motifs is 2. The second-order valence-electron chi connectivity index (χ2n) is 10.8. The van der Waals surface area contributed by atoms with E-state index in [0.29, 0.717) is 28.6 Å². The number of carboxylic acid groups (broad SMARTS) is 1. The number of ether oxygens (including phenoxy) is 1. The van der Waals surface area contributed by atoms with Crippen molar-refractivity contribution in [3.8, 4) is 5.75 Å². The molecule has 2 atom stereocenters. The second-order valence-corrected chi connectivity index (χ2v) is 14.5. The van der Waals surface area contributed by atoms with E-state index in [1.165, 1.54) is 17.5 Å². The molecule has 41 heavy (non-hydrogen) atoms. The van der Waals surface area contributed by atoms with Crippen LogP contribution in [0.1, 0.15) is 61.6 Å². The highest BCUT2D eigenvalue weighted by molar-refractivity contribution is 8.22. The summed E-state index contributed by atoms with van der Waals surface area (Å²) >= 11 is 8.12. The number of pyridine rings is 1. The van der Waals surface area contributed by atoms with Crippen molar-refractivity contribution in [3.05, 3.63) is 62.6 Å². The normalized spacial score (nSPS) is 18.9. The van der Waals surface area contributed by atoms with Gasteiger partial charge in [-0.3, -0.25) is 18.9 Å². The van der Waals surface area contributed by atoms with Crippen LogP contribution in [0, 0.1) is 12.3 Å². The smallest absolute Gasteiger partial charge is 0.310 e. The lowest BCUT2D eigenvalue weighted by Gasteiger charge is -2.41. The van der Waals surface area contributed by atoms with Crippen molar-refractivity contribution in [2.24, 2.45) is 5.41 Å². The first-order chi connectivity index (χ1) is 19.4. The lowest BCUT2D eigenvalue weighted by Crippen LogP contribution is -2.34. The van der Waals surface area contributed by atoms with E-state index < -0.39 is 28.1 Å². The molecule has 220 valence electrons. The number of carbonyl (C=O) groups is 1. The summed E-state index contributed by atoms with van der Waals surface area (Å²) in [6.45, 7) is 10.4. The van der Waals surface area contributed by atoms with Gasteiger partial charge < -0.3 is 9.84 Å². The van der Waals surface area contributed by atoms with Gasteiger partial charge in [0.25, 0.3) is 0 Å². The molecule has 0 aliphatic carbocycles. The number of thiophene rings is 1. The molecule has 4 heterocycles. The number of hydrogen-bond donors (Lipinski definition) is 3. The number of rotatable bonds is 8. The monoisotopic (exact) mass is 619 g/mol. The lowest BCUT2D eigenvalue weighted by molar-refractivity contribution is -0.147. The molecule has 0 radical (unpaired) electrons. The highest BCUT2D eigenvalue weighted by Crippen LogP contribution is 2.58. The first kappa shape index (κ1) is 29.7. The average molecular weight is 620 g/mol. The summed E-state index contributed by atoms with van der Waals surface area (Å²) < 4.78 is 32.7. The van der Waals surface area contributed by atoms with Gasteiger partial charge in [0, 0.05) is 36.1 Å². The number of nitrogens with zero attached hydrogens (tertiary/aromatic N) is 5. The summed E-state index contributed by atoms with van der Waals surface area (Å²) in [6, 6.07) is 7.42. The van der Waals surface area contributed by atoms with Crippen molar-refractivity contribution >= 4 is 50.7 Å². The third-order valence-electron chi connectivity index (χ3n) is 7.83. The van der Waals surface area contributed by atoms with Crippen molar-refractivity contribution in [2.45, 2.75) is 71.0 Å². The average Bonchev–Trinajstić information content (AvgIpc) is 3.49. The standard InChI is InChI=1S/C28H34ClN5O5S2/c1-6-18-15-33(41(37,38)23-13-30-11-10-21(23)39-18)14-17-12-22(40-26(17)29)24(28(4,5)27(35)36)19-8-9-20-25(16(19)3)31-32-34(20)7-2/h8-13,18,24,37-38H,6-7,14-15H2,1-5H3,(H,35,36). The van der Waals surface area contributed by atoms with Gasteiger partial charge in [0.2, 0.25) is 0 Å². The van der Waals surface area contributed by atoms with Crippen molar-refractivity contribution in [1.82, 2.24) is 24.3 Å². The summed E-state index contributed by atoms with van der Waals surface area (Å²) in [5, 5.41) is 18.9. The maximum absolute atomic E-state index is 12.6. The Morgan fingerprint density at radius 2 is 2.05 bits per heavy atom. The third-order valence-corrected chi connectivity index (χ3v) is 11.2. The number of aryl methyl sites for hydroxylation is 2. The van der Waals surface area contributed by atoms with Crippen LogP contribution in [0.4, 0.5) is 0 Å². The van der Waals surface area contributed by atoms with Gasteiger partial charge in [0.15, 0.2) is 0 Å². The van der Waals surface area contributed by atoms with E-state index in [9.17, 15) is 19.0 Å². The topological polar surface area (TPSA) is 134 Å². The molecule has 1 aromatic carbocycles. The summed E-state index contributed by atoms with van der Waals surface area (Å²) in [5.74, 6) is -1.09. The lowest BCUT2D eigenvalue weighted by atomic mass is 9.72. The molecule has 1 aliphatic rings. The molecule has 3 aromatic heterocycles. The summed E-state index contributed by atoms with van der Waals surface area (Å²) in [6.07, 6.45) is 3.38. The molecule has 4 aromatic rings. The minimum Gasteiger partial charge on any atom is -0.487 e. The highest BCUT2D eigenvalue weighted by atomic mass is 35.5. The summed E-state index contributed by atoms with van der Waals surface area (Å²) in [7, 11) is -3.43. The number of hydrogen-bond acceptors (Lipinski definition) is 9. The fourth-order valence-electron chi connectivity index (χ4n) is 5.34. The van der Waals surface area contributed by atoms with Gasteiger partial charge in [0.05, 0.1) is 28.0 Å². The van der Waals surface area contributed by atoms with Crippen LogP contribution in [0.3, 0.4) is 0 Å². The van der Waals surface area contributed by atoms with Gasteiger partial charge in [-0.25, -0.2) is 4.68 Å². The molecule has 0 amide bonds. The number of halogens is 1. The number of aromatic nitrogens is 4. The quantitative estimate of drug-likeness (QED) is 0.194. The third kappa shape index (κ3) is 5.21. The van der Waals surface area contributed by atoms with Crippen molar-refractivity contribution < 1.29 is 23.7 Å². The Balaban J connectivity index is 1.58. The number of benzene rings is 1. The molecule has 0 bridgehead atoms. The van der Waals surface area contributed by atoms with Gasteiger partial charge in [-0.1, -0.05) is 29.8 Å². The van der Waals surface area contributed by atoms with E-state index in [-0.39, 0.29) is 24.1 Å². The van der Waals surface area contributed by atoms with Crippen LogP contribution in [-0.4, -0.2) is 57.1 Å². The zero-order chi connectivity index (χ0) is 29.7. The Bertz CT molecular complexity index is 1600. The van der Waals surface area contributed by atoms with E-state index in [4.69, 9.17) is 16.3 Å². The van der Waals surface area contributed by atoms with E-state index in [1.54, 1.807) is 30.4 Å². The minimum absolute atomic E-state index is 0.134. The van der Waals surface area contributed by atoms with Crippen LogP contribution in [0.2, 0.25) is 4.34 Å². The first-order valence-corrected chi connectivity index (χ1v) is 16.1. The molecule has 5 rings (SSSR count). The molecule has 0 fully saturated rings. The van der Waals surface area contributed by atoms with Crippen LogP contribution < -0.4 is 4.74 Å². The predicted molar refractivity (Wildman–Crippen MR) is 161 cm³/mol. The Labute approximate surface area is 249 Å². The first-order valence-electron chi connectivity index (χ1n) is 13.4. The fraction of sp³-hybridized carbons (Fsp3) is 0.429. The number of carboxylic acids is 1. The van der Waals surface area contributed by atoms with E-state index in [2.05, 4.69) is 15.3 Å². The van der Waals surface area contributed by atoms with Crippen molar-refractivity contribution in [3.63, 3.8) is 0 Å². The van der Waals surface area contributed by atoms with Gasteiger partial charge in [0.1, 0.15) is 22.3 Å². The zero-order valence-corrected chi connectivity index (χ0v) is 25.9. The maximum Gasteiger partial charge on any atom is 0.310 e. The Morgan fingerprint density at radius 3 is 2.73 bits per heavy atom. The molecule has 2 unspecified atom stereocenters. The molecule has 0 saturated carbocycles. The summed E-state index contributed by atoms with van der Waals surface area (Å²) in [4.78, 5) is 17.7. The van der Waals surface area contributed by atoms with Gasteiger partial charge >= 0.3 is 5.97 Å². The minimum atomic E-state index is -3.43. The molecule has 3 N–H and O–H groups in total. The zero-order valence-electron chi connectivity index (χ0n) is 23.5. The van der Waals surface area contributed by atoms with Gasteiger partial charge in [-0.2, -0.15) is 4.31 Å². The Kier molecular flexibility index (Phi) is 8.09. The molecule has 10 nitrogen and oxygen atoms in total. The molecule has 13 heteroatoms.